The molecular formula is C9H15NO2. The number of rotatable bonds is 0. The second-order valence-corrected chi connectivity index (χ2v) is 3.84. The minimum atomic E-state index is -0.225. The molecule has 0 aromatic rings. The van der Waals surface area contributed by atoms with Crippen LogP contribution in [0.3, 0.4) is 0 Å². The van der Waals surface area contributed by atoms with E-state index in [1.807, 2.05) is 0 Å². The lowest BCUT2D eigenvalue weighted by Gasteiger charge is -2.23. The molecule has 1 saturated heterocycles. The monoisotopic (exact) mass is 169 g/mol. The Balaban J connectivity index is 2.03. The summed E-state index contributed by atoms with van der Waals surface area (Å²) >= 11 is 0. The van der Waals surface area contributed by atoms with Crippen LogP contribution in [-0.2, 0) is 4.74 Å². The Morgan fingerprint density at radius 1 is 1.17 bits per heavy atom. The molecule has 3 nitrogen and oxygen atoms in total. The quantitative estimate of drug-likeness (QED) is 0.600. The predicted octanol–water partition coefficient (Wildman–Crippen LogP) is 1.82. The molecule has 1 heterocycles. The van der Waals surface area contributed by atoms with Gasteiger partial charge in [0.25, 0.3) is 0 Å². The molecule has 68 valence electrons. The highest BCUT2D eigenvalue weighted by molar-refractivity contribution is 5.70. The first-order valence-electron chi connectivity index (χ1n) is 4.78. The lowest BCUT2D eigenvalue weighted by Crippen LogP contribution is -2.32. The van der Waals surface area contributed by atoms with Crippen LogP contribution in [0.4, 0.5) is 4.79 Å². The average molecular weight is 169 g/mol. The van der Waals surface area contributed by atoms with Crippen molar-refractivity contribution in [3.05, 3.63) is 0 Å². The molecule has 1 N–H and O–H groups in total. The van der Waals surface area contributed by atoms with Crippen LogP contribution in [-0.4, -0.2) is 18.2 Å². The minimum absolute atomic E-state index is 0.131. The van der Waals surface area contributed by atoms with E-state index in [9.17, 15) is 4.79 Å². The van der Waals surface area contributed by atoms with Crippen molar-refractivity contribution in [2.24, 2.45) is 0 Å². The van der Waals surface area contributed by atoms with Crippen LogP contribution in [0.5, 0.6) is 0 Å². The summed E-state index contributed by atoms with van der Waals surface area (Å²) in [5, 5.41) is 2.75. The van der Waals surface area contributed by atoms with Gasteiger partial charge in [0.2, 0.25) is 0 Å². The Kier molecular flexibility index (Phi) is 1.95. The topological polar surface area (TPSA) is 38.3 Å². The van der Waals surface area contributed by atoms with Crippen LogP contribution in [0.15, 0.2) is 0 Å². The van der Waals surface area contributed by atoms with Gasteiger partial charge in [0.1, 0.15) is 5.60 Å². The number of amides is 1. The van der Waals surface area contributed by atoms with E-state index in [0.717, 1.165) is 19.4 Å². The summed E-state index contributed by atoms with van der Waals surface area (Å²) in [7, 11) is 0. The van der Waals surface area contributed by atoms with E-state index in [2.05, 4.69) is 5.32 Å². The van der Waals surface area contributed by atoms with Crippen molar-refractivity contribution in [3.63, 3.8) is 0 Å². The molecule has 0 bridgehead atoms. The van der Waals surface area contributed by atoms with Gasteiger partial charge < -0.3 is 10.1 Å². The molecule has 1 amide bonds. The Morgan fingerprint density at radius 3 is 2.33 bits per heavy atom. The Labute approximate surface area is 72.5 Å². The molecule has 0 aromatic carbocycles. The number of ether oxygens (including phenoxy) is 1. The summed E-state index contributed by atoms with van der Waals surface area (Å²) in [4.78, 5) is 10.9. The van der Waals surface area contributed by atoms with E-state index in [4.69, 9.17) is 4.74 Å². The molecule has 3 heteroatoms. The van der Waals surface area contributed by atoms with Crippen molar-refractivity contribution in [2.45, 2.75) is 44.1 Å². The summed E-state index contributed by atoms with van der Waals surface area (Å²) in [5.74, 6) is 0. The first kappa shape index (κ1) is 7.90. The third kappa shape index (κ3) is 1.40. The molecular weight excluding hydrogens is 154 g/mol. The molecule has 1 spiro atoms. The van der Waals surface area contributed by atoms with Crippen LogP contribution in [0.25, 0.3) is 0 Å². The lowest BCUT2D eigenvalue weighted by molar-refractivity contribution is 0.0443. The van der Waals surface area contributed by atoms with E-state index < -0.39 is 0 Å². The van der Waals surface area contributed by atoms with Gasteiger partial charge >= 0.3 is 6.09 Å². The van der Waals surface area contributed by atoms with Crippen molar-refractivity contribution in [1.29, 1.82) is 0 Å². The molecule has 1 saturated carbocycles. The van der Waals surface area contributed by atoms with Crippen molar-refractivity contribution < 1.29 is 9.53 Å². The third-order valence-corrected chi connectivity index (χ3v) is 2.88. The zero-order chi connectivity index (χ0) is 8.44. The Morgan fingerprint density at radius 2 is 1.83 bits per heavy atom. The van der Waals surface area contributed by atoms with Gasteiger partial charge in [-0.2, -0.15) is 0 Å². The van der Waals surface area contributed by atoms with Gasteiger partial charge in [-0.25, -0.2) is 4.79 Å². The first-order chi connectivity index (χ1) is 5.81. The van der Waals surface area contributed by atoms with E-state index in [1.54, 1.807) is 0 Å². The standard InChI is InChI=1S/C9H15NO2/c11-8-10-7-9(12-8)5-3-1-2-4-6-9/h1-7H2,(H,10,11). The fourth-order valence-corrected chi connectivity index (χ4v) is 2.15. The smallest absolute Gasteiger partial charge is 0.407 e. The molecule has 2 fully saturated rings. The highest BCUT2D eigenvalue weighted by Gasteiger charge is 2.39. The molecule has 0 aromatic heterocycles. The fraction of sp³-hybridized carbons (Fsp3) is 0.889. The van der Waals surface area contributed by atoms with Crippen LogP contribution in [0, 0.1) is 0 Å². The number of hydrogen-bond acceptors (Lipinski definition) is 2. The van der Waals surface area contributed by atoms with Crippen molar-refractivity contribution >= 4 is 6.09 Å². The zero-order valence-electron chi connectivity index (χ0n) is 7.27. The Bertz CT molecular complexity index is 183. The van der Waals surface area contributed by atoms with Gasteiger partial charge in [-0.05, 0) is 25.7 Å². The number of nitrogens with one attached hydrogen (secondary N) is 1. The molecule has 0 unspecified atom stereocenters. The summed E-state index contributed by atoms with van der Waals surface area (Å²) in [6.07, 6.45) is 6.86. The van der Waals surface area contributed by atoms with Crippen LogP contribution in [0.2, 0.25) is 0 Å². The predicted molar refractivity (Wildman–Crippen MR) is 44.9 cm³/mol. The third-order valence-electron chi connectivity index (χ3n) is 2.88. The zero-order valence-corrected chi connectivity index (χ0v) is 7.27. The maximum absolute atomic E-state index is 10.9. The summed E-state index contributed by atoms with van der Waals surface area (Å²) < 4.78 is 5.32. The van der Waals surface area contributed by atoms with Crippen LogP contribution < -0.4 is 5.32 Å². The number of alkyl carbamates (subject to hydrolysis) is 1. The minimum Gasteiger partial charge on any atom is -0.441 e. The molecule has 1 aliphatic carbocycles. The molecule has 12 heavy (non-hydrogen) atoms. The van der Waals surface area contributed by atoms with Gasteiger partial charge in [-0.15, -0.1) is 0 Å². The first-order valence-corrected chi connectivity index (χ1v) is 4.78. The van der Waals surface area contributed by atoms with Gasteiger partial charge in [-0.3, -0.25) is 0 Å². The maximum Gasteiger partial charge on any atom is 0.407 e. The van der Waals surface area contributed by atoms with E-state index in [-0.39, 0.29) is 11.7 Å². The highest BCUT2D eigenvalue weighted by atomic mass is 16.6. The average Bonchev–Trinajstić information content (AvgIpc) is 2.30. The van der Waals surface area contributed by atoms with Crippen LogP contribution >= 0.6 is 0 Å². The number of carbonyl (C=O) groups excluding carboxylic acids is 1. The van der Waals surface area contributed by atoms with Crippen molar-refractivity contribution in [3.8, 4) is 0 Å². The van der Waals surface area contributed by atoms with Gasteiger partial charge in [0, 0.05) is 0 Å². The number of carbonyl (C=O) groups is 1. The number of hydrogen-bond donors (Lipinski definition) is 1. The van der Waals surface area contributed by atoms with Gasteiger partial charge in [-0.1, -0.05) is 12.8 Å². The van der Waals surface area contributed by atoms with Crippen molar-refractivity contribution in [2.75, 3.05) is 6.54 Å². The largest absolute Gasteiger partial charge is 0.441 e. The summed E-state index contributed by atoms with van der Waals surface area (Å²) in [6, 6.07) is 0. The van der Waals surface area contributed by atoms with E-state index >= 15 is 0 Å². The summed E-state index contributed by atoms with van der Waals surface area (Å²) in [5.41, 5.74) is -0.131. The van der Waals surface area contributed by atoms with E-state index in [1.165, 1.54) is 25.7 Å². The normalized spacial score (nSPS) is 27.8. The highest BCUT2D eigenvalue weighted by Crippen LogP contribution is 2.32. The molecule has 0 radical (unpaired) electrons. The van der Waals surface area contributed by atoms with Crippen LogP contribution in [0.1, 0.15) is 38.5 Å². The second-order valence-electron chi connectivity index (χ2n) is 3.84. The molecule has 2 aliphatic rings. The molecule has 0 atom stereocenters. The van der Waals surface area contributed by atoms with Crippen molar-refractivity contribution in [1.82, 2.24) is 5.32 Å². The summed E-state index contributed by atoms with van der Waals surface area (Å²) in [6.45, 7) is 0.728. The second kappa shape index (κ2) is 2.96. The van der Waals surface area contributed by atoms with Gasteiger partial charge in [0.15, 0.2) is 0 Å². The Hall–Kier alpha value is -0.730. The fourth-order valence-electron chi connectivity index (χ4n) is 2.15. The molecule has 1 aliphatic heterocycles. The van der Waals surface area contributed by atoms with Gasteiger partial charge in [0.05, 0.1) is 6.54 Å². The SMILES string of the molecule is O=C1NCC2(CCCCCC2)O1. The lowest BCUT2D eigenvalue weighted by atomic mass is 9.95. The molecule has 2 rings (SSSR count). The van der Waals surface area contributed by atoms with E-state index in [0.29, 0.717) is 0 Å². The maximum atomic E-state index is 10.9.